The summed E-state index contributed by atoms with van der Waals surface area (Å²) in [6.07, 6.45) is 0. The van der Waals surface area contributed by atoms with E-state index in [0.717, 1.165) is 10.0 Å². The smallest absolute Gasteiger partial charge is 0.256 e. The molecule has 0 bridgehead atoms. The van der Waals surface area contributed by atoms with Crippen LogP contribution in [0.4, 0.5) is 5.69 Å². The van der Waals surface area contributed by atoms with Crippen molar-refractivity contribution in [3.05, 3.63) is 63.1 Å². The first-order valence-corrected chi connectivity index (χ1v) is 10.6. The van der Waals surface area contributed by atoms with Gasteiger partial charge in [0, 0.05) is 9.50 Å². The molecule has 1 atom stereocenters. The number of nitrogens with zero attached hydrogens (tertiary/aromatic N) is 3. The fourth-order valence-electron chi connectivity index (χ4n) is 2.99. The number of benzene rings is 2. The molecule has 2 aromatic carbocycles. The third kappa shape index (κ3) is 5.25. The van der Waals surface area contributed by atoms with E-state index in [9.17, 15) is 9.59 Å². The number of rotatable bonds is 1. The van der Waals surface area contributed by atoms with Crippen molar-refractivity contribution in [3.63, 3.8) is 0 Å². The van der Waals surface area contributed by atoms with Gasteiger partial charge in [0.1, 0.15) is 12.6 Å². The minimum absolute atomic E-state index is 0.100. The normalized spacial score (nSPS) is 17.2. The number of carbonyl (C=O) groups is 2. The molecule has 2 amide bonds. The molecule has 154 valence electrons. The molecule has 7 heteroatoms. The summed E-state index contributed by atoms with van der Waals surface area (Å²) >= 11 is 9.37. The summed E-state index contributed by atoms with van der Waals surface area (Å²) in [6, 6.07) is 13.1. The van der Waals surface area contributed by atoms with Crippen LogP contribution >= 0.6 is 27.5 Å². The molecule has 2 heterocycles. The van der Waals surface area contributed by atoms with E-state index < -0.39 is 6.04 Å². The molecule has 0 aliphatic carbocycles. The van der Waals surface area contributed by atoms with Crippen molar-refractivity contribution in [2.75, 3.05) is 11.4 Å². The van der Waals surface area contributed by atoms with Gasteiger partial charge in [0.05, 0.1) is 5.69 Å². The van der Waals surface area contributed by atoms with Gasteiger partial charge in [0.2, 0.25) is 5.96 Å². The molecule has 4 rings (SSSR count). The molecule has 0 radical (unpaired) electrons. The SMILES string of the molecule is CC.Cc1cc(Cl)cc(N2C(=O)C(C)N3C(=O)CN=C23)c1.Cc1ccc(Br)cc1. The highest BCUT2D eigenvalue weighted by molar-refractivity contribution is 9.10. The Balaban J connectivity index is 0.000000252. The van der Waals surface area contributed by atoms with Crippen molar-refractivity contribution in [2.24, 2.45) is 4.99 Å². The van der Waals surface area contributed by atoms with Gasteiger partial charge in [-0.05, 0) is 56.7 Å². The Morgan fingerprint density at radius 3 is 2.21 bits per heavy atom. The number of anilines is 1. The van der Waals surface area contributed by atoms with E-state index in [2.05, 4.69) is 40.0 Å². The highest BCUT2D eigenvalue weighted by Crippen LogP contribution is 2.30. The van der Waals surface area contributed by atoms with Gasteiger partial charge in [-0.15, -0.1) is 0 Å². The van der Waals surface area contributed by atoms with Crippen LogP contribution in [0.3, 0.4) is 0 Å². The van der Waals surface area contributed by atoms with Gasteiger partial charge < -0.3 is 0 Å². The van der Waals surface area contributed by atoms with Crippen molar-refractivity contribution in [1.29, 1.82) is 0 Å². The quantitative estimate of drug-likeness (QED) is 0.553. The summed E-state index contributed by atoms with van der Waals surface area (Å²) in [5, 5.41) is 0.554. The van der Waals surface area contributed by atoms with Crippen molar-refractivity contribution in [2.45, 2.75) is 40.7 Å². The lowest BCUT2D eigenvalue weighted by Crippen LogP contribution is -2.36. The number of aliphatic imine (C=N–C) groups is 1. The van der Waals surface area contributed by atoms with Gasteiger partial charge in [-0.3, -0.25) is 14.5 Å². The van der Waals surface area contributed by atoms with Crippen molar-refractivity contribution >= 4 is 51.0 Å². The number of carbonyl (C=O) groups excluding carboxylic acids is 2. The van der Waals surface area contributed by atoms with Crippen LogP contribution in [-0.4, -0.2) is 35.3 Å². The van der Waals surface area contributed by atoms with E-state index in [-0.39, 0.29) is 18.4 Å². The van der Waals surface area contributed by atoms with Crippen molar-refractivity contribution in [1.82, 2.24) is 4.90 Å². The van der Waals surface area contributed by atoms with Gasteiger partial charge in [-0.2, -0.15) is 0 Å². The largest absolute Gasteiger partial charge is 0.272 e. The molecule has 2 aromatic rings. The first-order chi connectivity index (χ1) is 13.8. The van der Waals surface area contributed by atoms with E-state index in [1.807, 2.05) is 45.0 Å². The van der Waals surface area contributed by atoms with E-state index >= 15 is 0 Å². The minimum Gasteiger partial charge on any atom is -0.272 e. The van der Waals surface area contributed by atoms with Gasteiger partial charge in [0.25, 0.3) is 11.8 Å². The first kappa shape index (κ1) is 23.1. The van der Waals surface area contributed by atoms with Crippen molar-refractivity contribution < 1.29 is 9.59 Å². The van der Waals surface area contributed by atoms with Crippen LogP contribution in [0.5, 0.6) is 0 Å². The number of hydrogen-bond acceptors (Lipinski definition) is 3. The highest BCUT2D eigenvalue weighted by Gasteiger charge is 2.47. The van der Waals surface area contributed by atoms with Crippen LogP contribution < -0.4 is 4.90 Å². The summed E-state index contributed by atoms with van der Waals surface area (Å²) in [5.74, 6) is 0.106. The van der Waals surface area contributed by atoms with Crippen molar-refractivity contribution in [3.8, 4) is 0 Å². The fraction of sp³-hybridized carbons (Fsp3) is 0.318. The summed E-state index contributed by atoms with van der Waals surface area (Å²) in [4.78, 5) is 31.1. The maximum atomic E-state index is 12.3. The third-order valence-corrected chi connectivity index (χ3v) is 5.05. The second-order valence-corrected chi connectivity index (χ2v) is 7.86. The molecule has 1 unspecified atom stereocenters. The average Bonchev–Trinajstić information content (AvgIpc) is 3.17. The molecule has 1 fully saturated rings. The minimum atomic E-state index is -0.506. The predicted molar refractivity (Wildman–Crippen MR) is 123 cm³/mol. The lowest BCUT2D eigenvalue weighted by atomic mass is 10.2. The Kier molecular flexibility index (Phi) is 7.99. The zero-order chi connectivity index (χ0) is 21.7. The molecule has 1 saturated heterocycles. The Morgan fingerprint density at radius 2 is 1.66 bits per heavy atom. The predicted octanol–water partition coefficient (Wildman–Crippen LogP) is 5.37. The molecule has 29 heavy (non-hydrogen) atoms. The second kappa shape index (κ2) is 10.0. The summed E-state index contributed by atoms with van der Waals surface area (Å²) in [5.41, 5.74) is 2.90. The number of fused-ring (bicyclic) bond motifs is 1. The molecule has 5 nitrogen and oxygen atoms in total. The summed E-state index contributed by atoms with van der Waals surface area (Å²) in [6.45, 7) is 9.78. The maximum absolute atomic E-state index is 12.3. The maximum Gasteiger partial charge on any atom is 0.256 e. The Bertz CT molecular complexity index is 887. The average molecular weight is 479 g/mol. The Hall–Kier alpha value is -2.18. The van der Waals surface area contributed by atoms with Crippen LogP contribution in [0.25, 0.3) is 0 Å². The van der Waals surface area contributed by atoms with Crippen LogP contribution in [0.1, 0.15) is 31.9 Å². The zero-order valence-corrected chi connectivity index (χ0v) is 19.6. The van der Waals surface area contributed by atoms with E-state index in [1.165, 1.54) is 15.4 Å². The van der Waals surface area contributed by atoms with Crippen LogP contribution in [0, 0.1) is 13.8 Å². The van der Waals surface area contributed by atoms with Gasteiger partial charge in [0.15, 0.2) is 0 Å². The zero-order valence-electron chi connectivity index (χ0n) is 17.2. The monoisotopic (exact) mass is 477 g/mol. The number of amides is 2. The van der Waals surface area contributed by atoms with E-state index in [0.29, 0.717) is 16.7 Å². The molecule has 2 aliphatic rings. The van der Waals surface area contributed by atoms with Crippen LogP contribution in [-0.2, 0) is 9.59 Å². The lowest BCUT2D eigenvalue weighted by molar-refractivity contribution is -0.130. The van der Waals surface area contributed by atoms with E-state index in [1.54, 1.807) is 13.0 Å². The molecule has 0 saturated carbocycles. The van der Waals surface area contributed by atoms with Crippen LogP contribution in [0.2, 0.25) is 5.02 Å². The summed E-state index contributed by atoms with van der Waals surface area (Å²) in [7, 11) is 0. The molecule has 0 spiro atoms. The summed E-state index contributed by atoms with van der Waals surface area (Å²) < 4.78 is 1.14. The number of hydrogen-bond donors (Lipinski definition) is 0. The fourth-order valence-corrected chi connectivity index (χ4v) is 3.54. The lowest BCUT2D eigenvalue weighted by Gasteiger charge is -2.16. The molecular formula is C22H25BrClN3O2. The molecule has 0 N–H and O–H groups in total. The molecular weight excluding hydrogens is 454 g/mol. The number of aryl methyl sites for hydroxylation is 2. The highest BCUT2D eigenvalue weighted by atomic mass is 79.9. The standard InChI is InChI=1S/C13H12ClN3O2.C7H7Br.C2H6/c1-7-3-9(14)5-10(4-7)17-12(19)8(2)16-11(18)6-15-13(16)17;1-6-2-4-7(8)5-3-6;1-2/h3-5,8H,6H2,1-2H3;2-5H,1H3;1-2H3. The second-order valence-electron chi connectivity index (χ2n) is 6.51. The Labute approximate surface area is 185 Å². The topological polar surface area (TPSA) is 53.0 Å². The first-order valence-electron chi connectivity index (χ1n) is 9.48. The van der Waals surface area contributed by atoms with Gasteiger partial charge >= 0.3 is 0 Å². The third-order valence-electron chi connectivity index (χ3n) is 4.30. The number of guanidine groups is 1. The Morgan fingerprint density at radius 1 is 1.03 bits per heavy atom. The van der Waals surface area contributed by atoms with Gasteiger partial charge in [-0.25, -0.2) is 9.89 Å². The van der Waals surface area contributed by atoms with Gasteiger partial charge in [-0.1, -0.05) is 59.1 Å². The number of halogens is 2. The van der Waals surface area contributed by atoms with Crippen LogP contribution in [0.15, 0.2) is 51.9 Å². The molecule has 0 aromatic heterocycles. The van der Waals surface area contributed by atoms with E-state index in [4.69, 9.17) is 11.6 Å². The molecule has 2 aliphatic heterocycles.